The Labute approximate surface area is 129 Å². The Kier molecular flexibility index (Phi) is 4.94. The molecule has 0 aromatic heterocycles. The van der Waals surface area contributed by atoms with Gasteiger partial charge in [0.1, 0.15) is 0 Å². The second-order valence-electron chi connectivity index (χ2n) is 5.23. The zero-order valence-electron chi connectivity index (χ0n) is 12.4. The number of hydrogen-bond acceptors (Lipinski definition) is 2. The number of hydrogen-bond donors (Lipinski definition) is 2. The third-order valence-electron chi connectivity index (χ3n) is 3.70. The topological polar surface area (TPSA) is 74.6 Å². The van der Waals surface area contributed by atoms with E-state index in [1.807, 2.05) is 30.3 Å². The van der Waals surface area contributed by atoms with Gasteiger partial charge in [0.15, 0.2) is 0 Å². The van der Waals surface area contributed by atoms with Gasteiger partial charge in [-0.05, 0) is 48.9 Å². The monoisotopic (exact) mass is 298 g/mol. The van der Waals surface area contributed by atoms with Crippen molar-refractivity contribution in [2.24, 2.45) is 0 Å². The standard InChI is InChI=1S/C18H18O4/c1-12-10-11-15(17(19)20)14(16(12)18(21)22)9-5-8-13-6-3-2-4-7-13/h2-4,6-7,10-11H,5,8-9H2,1H3,(H,19,20)(H,21,22). The fourth-order valence-electron chi connectivity index (χ4n) is 2.64. The van der Waals surface area contributed by atoms with Gasteiger partial charge in [-0.3, -0.25) is 0 Å². The molecule has 0 aliphatic carbocycles. The van der Waals surface area contributed by atoms with E-state index in [1.54, 1.807) is 13.0 Å². The van der Waals surface area contributed by atoms with Crippen molar-refractivity contribution in [3.05, 3.63) is 70.3 Å². The van der Waals surface area contributed by atoms with E-state index in [2.05, 4.69) is 0 Å². The molecule has 0 atom stereocenters. The smallest absolute Gasteiger partial charge is 0.336 e. The summed E-state index contributed by atoms with van der Waals surface area (Å²) in [5, 5.41) is 18.7. The largest absolute Gasteiger partial charge is 0.478 e. The maximum atomic E-state index is 11.5. The van der Waals surface area contributed by atoms with Crippen molar-refractivity contribution in [2.75, 3.05) is 0 Å². The predicted octanol–water partition coefficient (Wildman–Crippen LogP) is 3.57. The number of aromatic carboxylic acids is 2. The SMILES string of the molecule is Cc1ccc(C(=O)O)c(CCCc2ccccc2)c1C(=O)O. The number of carboxylic acids is 2. The van der Waals surface area contributed by atoms with E-state index in [-0.39, 0.29) is 11.1 Å². The van der Waals surface area contributed by atoms with Crippen LogP contribution in [0.3, 0.4) is 0 Å². The third-order valence-corrected chi connectivity index (χ3v) is 3.70. The lowest BCUT2D eigenvalue weighted by Crippen LogP contribution is -2.12. The molecule has 2 aromatic rings. The first kappa shape index (κ1) is 15.8. The van der Waals surface area contributed by atoms with Crippen LogP contribution < -0.4 is 0 Å². The summed E-state index contributed by atoms with van der Waals surface area (Å²) in [5.74, 6) is -2.16. The van der Waals surface area contributed by atoms with Crippen LogP contribution in [0.15, 0.2) is 42.5 Å². The molecule has 0 bridgehead atoms. The Morgan fingerprint density at radius 2 is 1.59 bits per heavy atom. The molecule has 0 spiro atoms. The third kappa shape index (κ3) is 3.52. The van der Waals surface area contributed by atoms with Crippen LogP contribution in [0.4, 0.5) is 0 Å². The molecule has 0 radical (unpaired) electrons. The maximum Gasteiger partial charge on any atom is 0.336 e. The fraction of sp³-hybridized carbons (Fsp3) is 0.222. The van der Waals surface area contributed by atoms with Crippen molar-refractivity contribution in [2.45, 2.75) is 26.2 Å². The fourth-order valence-corrected chi connectivity index (χ4v) is 2.64. The van der Waals surface area contributed by atoms with E-state index in [0.29, 0.717) is 24.0 Å². The van der Waals surface area contributed by atoms with E-state index in [9.17, 15) is 19.8 Å². The lowest BCUT2D eigenvalue weighted by atomic mass is 9.92. The highest BCUT2D eigenvalue weighted by Crippen LogP contribution is 2.22. The second kappa shape index (κ2) is 6.89. The van der Waals surface area contributed by atoms with Gasteiger partial charge in [0.25, 0.3) is 0 Å². The molecule has 2 N–H and O–H groups in total. The van der Waals surface area contributed by atoms with Crippen molar-refractivity contribution < 1.29 is 19.8 Å². The molecule has 2 aromatic carbocycles. The van der Waals surface area contributed by atoms with Crippen LogP contribution in [-0.4, -0.2) is 22.2 Å². The summed E-state index contributed by atoms with van der Waals surface area (Å²) in [4.78, 5) is 22.8. The summed E-state index contributed by atoms with van der Waals surface area (Å²) >= 11 is 0. The van der Waals surface area contributed by atoms with Crippen LogP contribution in [0.1, 0.15) is 43.8 Å². The molecule has 4 heteroatoms. The maximum absolute atomic E-state index is 11.5. The molecular weight excluding hydrogens is 280 g/mol. The molecule has 0 amide bonds. The highest BCUT2D eigenvalue weighted by atomic mass is 16.4. The molecule has 0 heterocycles. The number of aryl methyl sites for hydroxylation is 2. The average Bonchev–Trinajstić information content (AvgIpc) is 2.47. The number of rotatable bonds is 6. The highest BCUT2D eigenvalue weighted by Gasteiger charge is 2.20. The summed E-state index contributed by atoms with van der Waals surface area (Å²) in [6.45, 7) is 1.69. The Morgan fingerprint density at radius 3 is 2.18 bits per heavy atom. The van der Waals surface area contributed by atoms with Crippen LogP contribution in [0.2, 0.25) is 0 Å². The predicted molar refractivity (Wildman–Crippen MR) is 83.6 cm³/mol. The first-order chi connectivity index (χ1) is 10.5. The average molecular weight is 298 g/mol. The molecule has 4 nitrogen and oxygen atoms in total. The van der Waals surface area contributed by atoms with E-state index in [4.69, 9.17) is 0 Å². The first-order valence-corrected chi connectivity index (χ1v) is 7.13. The quantitative estimate of drug-likeness (QED) is 0.855. The Morgan fingerprint density at radius 1 is 0.909 bits per heavy atom. The second-order valence-corrected chi connectivity index (χ2v) is 5.23. The number of carboxylic acid groups (broad SMARTS) is 2. The van der Waals surface area contributed by atoms with Gasteiger partial charge in [-0.1, -0.05) is 36.4 Å². The molecule has 0 aliphatic rings. The number of carbonyl (C=O) groups is 2. The van der Waals surface area contributed by atoms with E-state index < -0.39 is 11.9 Å². The van der Waals surface area contributed by atoms with Gasteiger partial charge in [0.2, 0.25) is 0 Å². The van der Waals surface area contributed by atoms with Crippen LogP contribution in [0, 0.1) is 6.92 Å². The highest BCUT2D eigenvalue weighted by molar-refractivity contribution is 5.97. The van der Waals surface area contributed by atoms with Crippen LogP contribution in [-0.2, 0) is 12.8 Å². The van der Waals surface area contributed by atoms with Crippen molar-refractivity contribution >= 4 is 11.9 Å². The van der Waals surface area contributed by atoms with Gasteiger partial charge in [0, 0.05) is 0 Å². The van der Waals surface area contributed by atoms with E-state index in [1.165, 1.54) is 6.07 Å². The molecule has 0 fully saturated rings. The van der Waals surface area contributed by atoms with Gasteiger partial charge in [-0.15, -0.1) is 0 Å². The molecule has 2 rings (SSSR count). The van der Waals surface area contributed by atoms with Crippen LogP contribution >= 0.6 is 0 Å². The Balaban J connectivity index is 2.26. The van der Waals surface area contributed by atoms with Crippen molar-refractivity contribution in [3.8, 4) is 0 Å². The molecule has 0 saturated heterocycles. The lowest BCUT2D eigenvalue weighted by Gasteiger charge is -2.12. The minimum Gasteiger partial charge on any atom is -0.478 e. The van der Waals surface area contributed by atoms with E-state index in [0.717, 1.165) is 12.0 Å². The van der Waals surface area contributed by atoms with Crippen LogP contribution in [0.5, 0.6) is 0 Å². The van der Waals surface area contributed by atoms with Crippen molar-refractivity contribution in [1.29, 1.82) is 0 Å². The van der Waals surface area contributed by atoms with Gasteiger partial charge in [-0.2, -0.15) is 0 Å². The first-order valence-electron chi connectivity index (χ1n) is 7.13. The molecule has 22 heavy (non-hydrogen) atoms. The summed E-state index contributed by atoms with van der Waals surface area (Å²) < 4.78 is 0. The summed E-state index contributed by atoms with van der Waals surface area (Å²) in [7, 11) is 0. The molecule has 114 valence electrons. The molecule has 0 aliphatic heterocycles. The van der Waals surface area contributed by atoms with Gasteiger partial charge < -0.3 is 10.2 Å². The molecule has 0 saturated carbocycles. The minimum absolute atomic E-state index is 0.0797. The summed E-state index contributed by atoms with van der Waals surface area (Å²) in [6.07, 6.45) is 1.92. The van der Waals surface area contributed by atoms with Crippen molar-refractivity contribution in [3.63, 3.8) is 0 Å². The molecule has 0 unspecified atom stereocenters. The van der Waals surface area contributed by atoms with Crippen LogP contribution in [0.25, 0.3) is 0 Å². The van der Waals surface area contributed by atoms with E-state index >= 15 is 0 Å². The zero-order valence-corrected chi connectivity index (χ0v) is 12.4. The Bertz CT molecular complexity index is 690. The number of benzene rings is 2. The van der Waals surface area contributed by atoms with Crippen molar-refractivity contribution in [1.82, 2.24) is 0 Å². The van der Waals surface area contributed by atoms with Gasteiger partial charge >= 0.3 is 11.9 Å². The van der Waals surface area contributed by atoms with Gasteiger partial charge in [0.05, 0.1) is 11.1 Å². The Hall–Kier alpha value is -2.62. The lowest BCUT2D eigenvalue weighted by molar-refractivity contribution is 0.0695. The van der Waals surface area contributed by atoms with Gasteiger partial charge in [-0.25, -0.2) is 9.59 Å². The zero-order chi connectivity index (χ0) is 16.1. The normalized spacial score (nSPS) is 10.4. The summed E-state index contributed by atoms with van der Waals surface area (Å²) in [6, 6.07) is 12.9. The minimum atomic E-state index is -1.09. The summed E-state index contributed by atoms with van der Waals surface area (Å²) in [5.41, 5.74) is 2.36. The molecular formula is C18H18O4.